The molecule has 0 radical (unpaired) electrons. The third-order valence-electron chi connectivity index (χ3n) is 3.00. The molecule has 17 heavy (non-hydrogen) atoms. The minimum atomic E-state index is -0.934. The van der Waals surface area contributed by atoms with Crippen LogP contribution in [-0.4, -0.2) is 29.1 Å². The van der Waals surface area contributed by atoms with Gasteiger partial charge >= 0.3 is 5.97 Å². The van der Waals surface area contributed by atoms with Gasteiger partial charge in [0, 0.05) is 19.3 Å². The van der Waals surface area contributed by atoms with Gasteiger partial charge in [-0.3, -0.25) is 0 Å². The molecule has 0 aliphatic rings. The summed E-state index contributed by atoms with van der Waals surface area (Å²) < 4.78 is 0. The summed E-state index contributed by atoms with van der Waals surface area (Å²) in [5.41, 5.74) is 1.14. The van der Waals surface area contributed by atoms with Gasteiger partial charge in [0.05, 0.1) is 5.56 Å². The zero-order chi connectivity index (χ0) is 13.0. The van der Waals surface area contributed by atoms with Crippen molar-refractivity contribution in [1.29, 1.82) is 0 Å². The largest absolute Gasteiger partial charge is 0.478 e. The van der Waals surface area contributed by atoms with Gasteiger partial charge < -0.3 is 10.0 Å². The summed E-state index contributed by atoms with van der Waals surface area (Å²) in [5.74, 6) is -0.0765. The van der Waals surface area contributed by atoms with E-state index in [0.717, 1.165) is 24.2 Å². The average Bonchev–Trinajstić information content (AvgIpc) is 2.28. The van der Waals surface area contributed by atoms with E-state index in [1.807, 2.05) is 14.0 Å². The van der Waals surface area contributed by atoms with Crippen molar-refractivity contribution in [2.24, 2.45) is 0 Å². The normalized spacial score (nSPS) is 12.2. The van der Waals surface area contributed by atoms with Crippen LogP contribution in [0.5, 0.6) is 0 Å². The van der Waals surface area contributed by atoms with Crippen molar-refractivity contribution in [2.75, 3.05) is 11.9 Å². The van der Waals surface area contributed by atoms with Crippen molar-refractivity contribution >= 4 is 11.8 Å². The molecule has 1 rings (SSSR count). The topological polar surface area (TPSA) is 53.4 Å². The van der Waals surface area contributed by atoms with Gasteiger partial charge in [-0.1, -0.05) is 13.3 Å². The molecule has 1 N–H and O–H groups in total. The number of hydrogen-bond acceptors (Lipinski definition) is 3. The van der Waals surface area contributed by atoms with Gasteiger partial charge in [-0.25, -0.2) is 9.78 Å². The third kappa shape index (κ3) is 3.19. The summed E-state index contributed by atoms with van der Waals surface area (Å²) in [6.07, 6.45) is 3.63. The molecule has 0 spiro atoms. The predicted octanol–water partition coefficient (Wildman–Crippen LogP) is 2.71. The van der Waals surface area contributed by atoms with Gasteiger partial charge in [-0.2, -0.15) is 0 Å². The highest BCUT2D eigenvalue weighted by Gasteiger charge is 2.14. The average molecular weight is 236 g/mol. The number of carboxylic acids is 1. The van der Waals surface area contributed by atoms with Crippen molar-refractivity contribution in [1.82, 2.24) is 4.98 Å². The van der Waals surface area contributed by atoms with Crippen LogP contribution in [0, 0.1) is 6.92 Å². The minimum absolute atomic E-state index is 0.239. The number of nitrogens with zero attached hydrogens (tertiary/aromatic N) is 2. The molecule has 4 heteroatoms. The van der Waals surface area contributed by atoms with Gasteiger partial charge in [-0.15, -0.1) is 0 Å². The van der Waals surface area contributed by atoms with Crippen LogP contribution < -0.4 is 4.90 Å². The first kappa shape index (κ1) is 13.5. The maximum atomic E-state index is 10.8. The third-order valence-corrected chi connectivity index (χ3v) is 3.00. The van der Waals surface area contributed by atoms with Gasteiger partial charge in [0.1, 0.15) is 5.82 Å². The summed E-state index contributed by atoms with van der Waals surface area (Å²) in [5, 5.41) is 8.88. The number of hydrogen-bond donors (Lipinski definition) is 1. The van der Waals surface area contributed by atoms with Gasteiger partial charge in [0.25, 0.3) is 0 Å². The second-order valence-corrected chi connectivity index (χ2v) is 4.42. The molecule has 1 heterocycles. The van der Waals surface area contributed by atoms with Crippen LogP contribution in [0.3, 0.4) is 0 Å². The molecule has 0 saturated heterocycles. The Balaban J connectivity index is 2.95. The van der Waals surface area contributed by atoms with E-state index < -0.39 is 5.97 Å². The first-order valence-electron chi connectivity index (χ1n) is 5.90. The molecule has 1 unspecified atom stereocenters. The molecule has 1 aromatic rings. The quantitative estimate of drug-likeness (QED) is 0.854. The second-order valence-electron chi connectivity index (χ2n) is 4.42. The molecule has 0 saturated carbocycles. The maximum absolute atomic E-state index is 10.8. The molecule has 0 aliphatic heterocycles. The fourth-order valence-corrected chi connectivity index (χ4v) is 1.87. The van der Waals surface area contributed by atoms with E-state index in [0.29, 0.717) is 6.04 Å². The zero-order valence-electron chi connectivity index (χ0n) is 10.9. The highest BCUT2D eigenvalue weighted by molar-refractivity contribution is 5.87. The van der Waals surface area contributed by atoms with Gasteiger partial charge in [0.2, 0.25) is 0 Å². The number of anilines is 1. The fourth-order valence-electron chi connectivity index (χ4n) is 1.87. The van der Waals surface area contributed by atoms with Crippen LogP contribution in [-0.2, 0) is 0 Å². The van der Waals surface area contributed by atoms with E-state index in [-0.39, 0.29) is 5.56 Å². The monoisotopic (exact) mass is 236 g/mol. The van der Waals surface area contributed by atoms with Crippen LogP contribution in [0.1, 0.15) is 42.6 Å². The zero-order valence-corrected chi connectivity index (χ0v) is 10.9. The smallest absolute Gasteiger partial charge is 0.337 e. The van der Waals surface area contributed by atoms with Crippen LogP contribution in [0.15, 0.2) is 12.3 Å². The molecule has 0 fully saturated rings. The maximum Gasteiger partial charge on any atom is 0.337 e. The summed E-state index contributed by atoms with van der Waals surface area (Å²) in [7, 11) is 2.00. The SMILES string of the molecule is CCCC(C)N(C)c1ncc(C(=O)O)cc1C. The molecule has 1 aromatic heterocycles. The first-order chi connectivity index (χ1) is 7.97. The Kier molecular flexibility index (Phi) is 4.49. The molecule has 4 nitrogen and oxygen atoms in total. The molecule has 0 aliphatic carbocycles. The number of aryl methyl sites for hydroxylation is 1. The van der Waals surface area contributed by atoms with Crippen molar-refractivity contribution in [3.05, 3.63) is 23.4 Å². The molecule has 0 bridgehead atoms. The lowest BCUT2D eigenvalue weighted by Gasteiger charge is -2.27. The Morgan fingerprint density at radius 2 is 2.24 bits per heavy atom. The van der Waals surface area contributed by atoms with Crippen molar-refractivity contribution < 1.29 is 9.90 Å². The van der Waals surface area contributed by atoms with Crippen molar-refractivity contribution in [2.45, 2.75) is 39.7 Å². The fraction of sp³-hybridized carbons (Fsp3) is 0.538. The Morgan fingerprint density at radius 1 is 1.59 bits per heavy atom. The number of carboxylic acid groups (broad SMARTS) is 1. The lowest BCUT2D eigenvalue weighted by Crippen LogP contribution is -2.30. The molecule has 1 atom stereocenters. The predicted molar refractivity (Wildman–Crippen MR) is 68.7 cm³/mol. The Hall–Kier alpha value is -1.58. The van der Waals surface area contributed by atoms with E-state index >= 15 is 0 Å². The molecule has 0 amide bonds. The Morgan fingerprint density at radius 3 is 2.71 bits per heavy atom. The summed E-state index contributed by atoms with van der Waals surface area (Å²) in [4.78, 5) is 17.2. The molecule has 94 valence electrons. The number of aromatic nitrogens is 1. The first-order valence-corrected chi connectivity index (χ1v) is 5.90. The molecule has 0 aromatic carbocycles. The van der Waals surface area contributed by atoms with Crippen LogP contribution >= 0.6 is 0 Å². The molecular formula is C13H20N2O2. The summed E-state index contributed by atoms with van der Waals surface area (Å²) in [6.45, 7) is 6.19. The van der Waals surface area contributed by atoms with Crippen molar-refractivity contribution in [3.63, 3.8) is 0 Å². The summed E-state index contributed by atoms with van der Waals surface area (Å²) >= 11 is 0. The highest BCUT2D eigenvalue weighted by atomic mass is 16.4. The highest BCUT2D eigenvalue weighted by Crippen LogP contribution is 2.20. The second kappa shape index (κ2) is 5.66. The lowest BCUT2D eigenvalue weighted by molar-refractivity contribution is 0.0696. The number of aromatic carboxylic acids is 1. The lowest BCUT2D eigenvalue weighted by atomic mass is 10.1. The van der Waals surface area contributed by atoms with E-state index in [2.05, 4.69) is 23.7 Å². The van der Waals surface area contributed by atoms with E-state index in [4.69, 9.17) is 5.11 Å². The van der Waals surface area contributed by atoms with Crippen molar-refractivity contribution in [3.8, 4) is 0 Å². The van der Waals surface area contributed by atoms with Crippen LogP contribution in [0.25, 0.3) is 0 Å². The number of pyridine rings is 1. The van der Waals surface area contributed by atoms with E-state index in [1.165, 1.54) is 6.20 Å². The van der Waals surface area contributed by atoms with E-state index in [9.17, 15) is 4.79 Å². The standard InChI is InChI=1S/C13H20N2O2/c1-5-6-10(3)15(4)12-9(2)7-11(8-14-12)13(16)17/h7-8,10H,5-6H2,1-4H3,(H,16,17). The van der Waals surface area contributed by atoms with Gasteiger partial charge in [-0.05, 0) is 31.9 Å². The Bertz CT molecular complexity index is 404. The van der Waals surface area contributed by atoms with E-state index in [1.54, 1.807) is 6.07 Å². The van der Waals surface area contributed by atoms with Gasteiger partial charge in [0.15, 0.2) is 0 Å². The number of carbonyl (C=O) groups is 1. The summed E-state index contributed by atoms with van der Waals surface area (Å²) in [6, 6.07) is 2.07. The Labute approximate surface area is 102 Å². The minimum Gasteiger partial charge on any atom is -0.478 e. The molecular weight excluding hydrogens is 216 g/mol. The van der Waals surface area contributed by atoms with Crippen LogP contribution in [0.2, 0.25) is 0 Å². The van der Waals surface area contributed by atoms with Crippen LogP contribution in [0.4, 0.5) is 5.82 Å². The number of rotatable bonds is 5.